The van der Waals surface area contributed by atoms with Gasteiger partial charge in [0.25, 0.3) is 5.91 Å². The van der Waals surface area contributed by atoms with E-state index in [9.17, 15) is 4.79 Å². The quantitative estimate of drug-likeness (QED) is 0.696. The fourth-order valence-electron chi connectivity index (χ4n) is 3.19. The van der Waals surface area contributed by atoms with Crippen LogP contribution in [-0.4, -0.2) is 31.1 Å². The zero-order valence-corrected chi connectivity index (χ0v) is 15.3. The SMILES string of the molecule is C=CCc1ccc(OCC(=O)N2CCCC2c2cccs2)c(OC)c1. The molecule has 1 amide bonds. The normalized spacial score (nSPS) is 16.7. The van der Waals surface area contributed by atoms with Gasteiger partial charge in [0, 0.05) is 11.4 Å². The summed E-state index contributed by atoms with van der Waals surface area (Å²) in [6.07, 6.45) is 4.67. The Bertz CT molecular complexity index is 727. The molecule has 0 bridgehead atoms. The van der Waals surface area contributed by atoms with E-state index in [1.54, 1.807) is 18.4 Å². The molecule has 132 valence electrons. The summed E-state index contributed by atoms with van der Waals surface area (Å²) in [6, 6.07) is 10.1. The first-order valence-corrected chi connectivity index (χ1v) is 9.34. The summed E-state index contributed by atoms with van der Waals surface area (Å²) < 4.78 is 11.2. The maximum Gasteiger partial charge on any atom is 0.261 e. The topological polar surface area (TPSA) is 38.8 Å². The Labute approximate surface area is 152 Å². The Balaban J connectivity index is 1.65. The van der Waals surface area contributed by atoms with E-state index < -0.39 is 0 Å². The number of likely N-dealkylation sites (tertiary alicyclic amines) is 1. The molecule has 1 fully saturated rings. The first-order chi connectivity index (χ1) is 12.2. The van der Waals surface area contributed by atoms with E-state index in [1.807, 2.05) is 35.2 Å². The standard InChI is InChI=1S/C20H23NO3S/c1-3-6-15-9-10-17(18(13-15)23-2)24-14-20(22)21-11-4-7-16(21)19-8-5-12-25-19/h3,5,8-10,12-13,16H,1,4,6-7,11,14H2,2H3. The van der Waals surface area contributed by atoms with Crippen molar-refractivity contribution in [3.8, 4) is 11.5 Å². The van der Waals surface area contributed by atoms with Gasteiger partial charge in [0.1, 0.15) is 0 Å². The van der Waals surface area contributed by atoms with Crippen molar-refractivity contribution in [1.82, 2.24) is 4.90 Å². The van der Waals surface area contributed by atoms with Gasteiger partial charge in [-0.15, -0.1) is 17.9 Å². The molecule has 1 aromatic carbocycles. The first kappa shape index (κ1) is 17.5. The van der Waals surface area contributed by atoms with Gasteiger partial charge in [-0.05, 0) is 48.4 Å². The lowest BCUT2D eigenvalue weighted by atomic mass is 10.1. The minimum Gasteiger partial charge on any atom is -0.493 e. The van der Waals surface area contributed by atoms with Crippen molar-refractivity contribution in [3.63, 3.8) is 0 Å². The average Bonchev–Trinajstić information content (AvgIpc) is 3.31. The third-order valence-electron chi connectivity index (χ3n) is 4.40. The highest BCUT2D eigenvalue weighted by Crippen LogP contribution is 2.35. The van der Waals surface area contributed by atoms with Crippen molar-refractivity contribution in [2.75, 3.05) is 20.3 Å². The van der Waals surface area contributed by atoms with Crippen LogP contribution in [0.5, 0.6) is 11.5 Å². The second-order valence-electron chi connectivity index (χ2n) is 6.03. The molecule has 1 unspecified atom stereocenters. The minimum absolute atomic E-state index is 0.0214. The number of hydrogen-bond acceptors (Lipinski definition) is 4. The van der Waals surface area contributed by atoms with Crippen molar-refractivity contribution >= 4 is 17.2 Å². The van der Waals surface area contributed by atoms with Crippen molar-refractivity contribution in [3.05, 3.63) is 58.8 Å². The summed E-state index contributed by atoms with van der Waals surface area (Å²) in [6.45, 7) is 4.56. The van der Waals surface area contributed by atoms with Gasteiger partial charge >= 0.3 is 0 Å². The van der Waals surface area contributed by atoms with E-state index in [1.165, 1.54) is 4.88 Å². The minimum atomic E-state index is 0.0214. The molecule has 2 aromatic rings. The smallest absolute Gasteiger partial charge is 0.261 e. The third-order valence-corrected chi connectivity index (χ3v) is 5.38. The maximum absolute atomic E-state index is 12.6. The molecule has 0 N–H and O–H groups in total. The van der Waals surface area contributed by atoms with Gasteiger partial charge in [-0.2, -0.15) is 0 Å². The van der Waals surface area contributed by atoms with Crippen LogP contribution in [0.15, 0.2) is 48.4 Å². The number of nitrogens with zero attached hydrogens (tertiary/aromatic N) is 1. The fourth-order valence-corrected chi connectivity index (χ4v) is 4.06. The molecule has 0 aliphatic carbocycles. The van der Waals surface area contributed by atoms with Crippen molar-refractivity contribution in [1.29, 1.82) is 0 Å². The highest BCUT2D eigenvalue weighted by atomic mass is 32.1. The molecule has 25 heavy (non-hydrogen) atoms. The van der Waals surface area contributed by atoms with Crippen LogP contribution in [0.1, 0.15) is 29.3 Å². The number of methoxy groups -OCH3 is 1. The summed E-state index contributed by atoms with van der Waals surface area (Å²) in [7, 11) is 1.61. The molecule has 1 aliphatic heterocycles. The lowest BCUT2D eigenvalue weighted by Gasteiger charge is -2.24. The molecule has 1 aliphatic rings. The Morgan fingerprint density at radius 2 is 2.28 bits per heavy atom. The van der Waals surface area contributed by atoms with Crippen molar-refractivity contribution in [2.45, 2.75) is 25.3 Å². The summed E-state index contributed by atoms with van der Waals surface area (Å²) in [5.41, 5.74) is 1.10. The highest BCUT2D eigenvalue weighted by Gasteiger charge is 2.30. The number of carbonyl (C=O) groups is 1. The molecule has 2 heterocycles. The molecule has 1 saturated heterocycles. The molecule has 1 atom stereocenters. The van der Waals surface area contributed by atoms with E-state index in [0.29, 0.717) is 11.5 Å². The van der Waals surface area contributed by atoms with Crippen LogP contribution in [-0.2, 0) is 11.2 Å². The second kappa shape index (κ2) is 8.21. The summed E-state index contributed by atoms with van der Waals surface area (Å²) in [5, 5.41) is 2.06. The van der Waals surface area contributed by atoms with Crippen LogP contribution in [0.2, 0.25) is 0 Å². The van der Waals surface area contributed by atoms with Gasteiger partial charge < -0.3 is 14.4 Å². The zero-order chi connectivity index (χ0) is 17.6. The lowest BCUT2D eigenvalue weighted by Crippen LogP contribution is -2.34. The molecule has 0 radical (unpaired) electrons. The van der Waals surface area contributed by atoms with E-state index in [4.69, 9.17) is 9.47 Å². The Morgan fingerprint density at radius 1 is 1.40 bits per heavy atom. The maximum atomic E-state index is 12.6. The number of ether oxygens (including phenoxy) is 2. The number of benzene rings is 1. The van der Waals surface area contributed by atoms with E-state index in [-0.39, 0.29) is 18.6 Å². The lowest BCUT2D eigenvalue weighted by molar-refractivity contribution is -0.134. The largest absolute Gasteiger partial charge is 0.493 e. The molecule has 3 rings (SSSR count). The molecule has 0 saturated carbocycles. The van der Waals surface area contributed by atoms with E-state index in [0.717, 1.165) is 31.4 Å². The van der Waals surface area contributed by atoms with E-state index >= 15 is 0 Å². The van der Waals surface area contributed by atoms with Crippen molar-refractivity contribution < 1.29 is 14.3 Å². The van der Waals surface area contributed by atoms with E-state index in [2.05, 4.69) is 18.0 Å². The third kappa shape index (κ3) is 4.04. The van der Waals surface area contributed by atoms with Gasteiger partial charge in [0.05, 0.1) is 13.2 Å². The number of carbonyl (C=O) groups excluding carboxylic acids is 1. The van der Waals surface area contributed by atoms with Gasteiger partial charge in [0.15, 0.2) is 18.1 Å². The number of thiophene rings is 1. The number of allylic oxidation sites excluding steroid dienone is 1. The molecular weight excluding hydrogens is 334 g/mol. The second-order valence-corrected chi connectivity index (χ2v) is 7.01. The molecule has 1 aromatic heterocycles. The van der Waals surface area contributed by atoms with Gasteiger partial charge in [0.2, 0.25) is 0 Å². The van der Waals surface area contributed by atoms with Crippen LogP contribution in [0, 0.1) is 0 Å². The van der Waals surface area contributed by atoms with Crippen LogP contribution in [0.25, 0.3) is 0 Å². The van der Waals surface area contributed by atoms with Gasteiger partial charge in [-0.3, -0.25) is 4.79 Å². The Kier molecular flexibility index (Phi) is 5.76. The van der Waals surface area contributed by atoms with Gasteiger partial charge in [-0.1, -0.05) is 18.2 Å². The summed E-state index contributed by atoms with van der Waals surface area (Å²) in [5.74, 6) is 1.26. The highest BCUT2D eigenvalue weighted by molar-refractivity contribution is 7.10. The summed E-state index contributed by atoms with van der Waals surface area (Å²) in [4.78, 5) is 15.8. The average molecular weight is 357 g/mol. The fraction of sp³-hybridized carbons (Fsp3) is 0.350. The molecule has 5 heteroatoms. The van der Waals surface area contributed by atoms with Gasteiger partial charge in [-0.25, -0.2) is 0 Å². The predicted molar refractivity (Wildman–Crippen MR) is 100 cm³/mol. The first-order valence-electron chi connectivity index (χ1n) is 8.46. The number of hydrogen-bond donors (Lipinski definition) is 0. The molecule has 0 spiro atoms. The monoisotopic (exact) mass is 357 g/mol. The van der Waals surface area contributed by atoms with Crippen LogP contribution >= 0.6 is 11.3 Å². The Hall–Kier alpha value is -2.27. The Morgan fingerprint density at radius 3 is 3.00 bits per heavy atom. The van der Waals surface area contributed by atoms with Crippen LogP contribution < -0.4 is 9.47 Å². The van der Waals surface area contributed by atoms with Crippen LogP contribution in [0.4, 0.5) is 0 Å². The summed E-state index contributed by atoms with van der Waals surface area (Å²) >= 11 is 1.71. The number of amides is 1. The van der Waals surface area contributed by atoms with Crippen LogP contribution in [0.3, 0.4) is 0 Å². The van der Waals surface area contributed by atoms with Crippen molar-refractivity contribution in [2.24, 2.45) is 0 Å². The number of rotatable bonds is 7. The molecular formula is C20H23NO3S. The predicted octanol–water partition coefficient (Wildman–Crippen LogP) is 4.23. The molecule has 4 nitrogen and oxygen atoms in total. The zero-order valence-electron chi connectivity index (χ0n) is 14.4.